The molecular weight excluding hydrogens is 321 g/mol. The van der Waals surface area contributed by atoms with Gasteiger partial charge in [-0.05, 0) is 42.5 Å². The van der Waals surface area contributed by atoms with E-state index in [4.69, 9.17) is 29.0 Å². The van der Waals surface area contributed by atoms with Gasteiger partial charge in [0.2, 0.25) is 0 Å². The van der Waals surface area contributed by atoms with Gasteiger partial charge < -0.3 is 5.43 Å². The molecule has 0 saturated carbocycles. The maximum Gasteiger partial charge on any atom is 0.261 e. The zero-order valence-corrected chi connectivity index (χ0v) is 12.4. The molecule has 20 heavy (non-hydrogen) atoms. The molecule has 0 bridgehead atoms. The molecule has 106 valence electrons. The van der Waals surface area contributed by atoms with Crippen LogP contribution in [-0.2, 0) is 10.0 Å². The van der Waals surface area contributed by atoms with Crippen LogP contribution in [0.5, 0.6) is 0 Å². The molecule has 0 spiro atoms. The maximum absolute atomic E-state index is 12.2. The van der Waals surface area contributed by atoms with E-state index >= 15 is 0 Å². The van der Waals surface area contributed by atoms with Crippen molar-refractivity contribution in [1.82, 2.24) is 0 Å². The van der Waals surface area contributed by atoms with E-state index in [0.29, 0.717) is 21.4 Å². The largest absolute Gasteiger partial charge is 0.324 e. The van der Waals surface area contributed by atoms with Gasteiger partial charge in [-0.25, -0.2) is 8.42 Å². The number of nitrogen functional groups attached to an aromatic ring is 1. The van der Waals surface area contributed by atoms with E-state index in [1.165, 1.54) is 30.3 Å². The Hall–Kier alpha value is -1.47. The quantitative estimate of drug-likeness (QED) is 0.593. The topological polar surface area (TPSA) is 84.2 Å². The Morgan fingerprint density at radius 1 is 0.900 bits per heavy atom. The first-order chi connectivity index (χ1) is 9.40. The predicted molar refractivity (Wildman–Crippen MR) is 81.5 cm³/mol. The molecule has 0 saturated heterocycles. The summed E-state index contributed by atoms with van der Waals surface area (Å²) in [7, 11) is -3.71. The average molecular weight is 332 g/mol. The first-order valence-electron chi connectivity index (χ1n) is 5.46. The van der Waals surface area contributed by atoms with Crippen LogP contribution in [0.2, 0.25) is 10.0 Å². The SMILES string of the molecule is NNc1ccc(S(=O)(=O)Nc2cc(Cl)cc(Cl)c2)cc1. The van der Waals surface area contributed by atoms with Crippen molar-refractivity contribution in [3.05, 3.63) is 52.5 Å². The molecule has 2 aromatic rings. The van der Waals surface area contributed by atoms with Crippen LogP contribution in [0.25, 0.3) is 0 Å². The summed E-state index contributed by atoms with van der Waals surface area (Å²) in [5.74, 6) is 5.22. The molecule has 0 radical (unpaired) electrons. The number of rotatable bonds is 4. The summed E-state index contributed by atoms with van der Waals surface area (Å²) in [5, 5.41) is 0.691. The van der Waals surface area contributed by atoms with Crippen LogP contribution in [0.3, 0.4) is 0 Å². The summed E-state index contributed by atoms with van der Waals surface area (Å²) in [5.41, 5.74) is 3.32. The molecule has 0 aliphatic heterocycles. The van der Waals surface area contributed by atoms with Crippen LogP contribution in [-0.4, -0.2) is 8.42 Å². The second kappa shape index (κ2) is 5.88. The minimum Gasteiger partial charge on any atom is -0.324 e. The Labute approximate surface area is 126 Å². The Balaban J connectivity index is 2.30. The smallest absolute Gasteiger partial charge is 0.261 e. The van der Waals surface area contributed by atoms with Crippen molar-refractivity contribution < 1.29 is 8.42 Å². The predicted octanol–water partition coefficient (Wildman–Crippen LogP) is 3.08. The molecule has 0 amide bonds. The number of hydrazine groups is 1. The van der Waals surface area contributed by atoms with Crippen molar-refractivity contribution in [3.63, 3.8) is 0 Å². The van der Waals surface area contributed by atoms with Crippen molar-refractivity contribution >= 4 is 44.6 Å². The van der Waals surface area contributed by atoms with E-state index in [1.54, 1.807) is 12.1 Å². The van der Waals surface area contributed by atoms with Crippen LogP contribution in [0.4, 0.5) is 11.4 Å². The molecule has 0 atom stereocenters. The van der Waals surface area contributed by atoms with Crippen LogP contribution in [0, 0.1) is 0 Å². The molecule has 0 aliphatic rings. The summed E-state index contributed by atoms with van der Waals surface area (Å²) < 4.78 is 26.8. The van der Waals surface area contributed by atoms with Crippen LogP contribution >= 0.6 is 23.2 Å². The Morgan fingerprint density at radius 3 is 1.95 bits per heavy atom. The van der Waals surface area contributed by atoms with E-state index in [2.05, 4.69) is 10.1 Å². The highest BCUT2D eigenvalue weighted by Gasteiger charge is 2.14. The summed E-state index contributed by atoms with van der Waals surface area (Å²) in [6.07, 6.45) is 0. The average Bonchev–Trinajstić information content (AvgIpc) is 2.37. The van der Waals surface area contributed by atoms with Crippen molar-refractivity contribution in [1.29, 1.82) is 0 Å². The van der Waals surface area contributed by atoms with Crippen molar-refractivity contribution in [3.8, 4) is 0 Å². The van der Waals surface area contributed by atoms with E-state index in [9.17, 15) is 8.42 Å². The normalized spacial score (nSPS) is 11.2. The van der Waals surface area contributed by atoms with Crippen molar-refractivity contribution in [2.45, 2.75) is 4.90 Å². The lowest BCUT2D eigenvalue weighted by atomic mass is 10.3. The summed E-state index contributed by atoms with van der Waals surface area (Å²) in [6, 6.07) is 10.4. The van der Waals surface area contributed by atoms with Crippen LogP contribution < -0.4 is 16.0 Å². The van der Waals surface area contributed by atoms with E-state index in [1.807, 2.05) is 0 Å². The van der Waals surface area contributed by atoms with Gasteiger partial charge in [0.05, 0.1) is 10.6 Å². The van der Waals surface area contributed by atoms with Gasteiger partial charge in [0.15, 0.2) is 0 Å². The van der Waals surface area contributed by atoms with Gasteiger partial charge in [-0.1, -0.05) is 23.2 Å². The minimum atomic E-state index is -3.71. The highest BCUT2D eigenvalue weighted by molar-refractivity contribution is 7.92. The van der Waals surface area contributed by atoms with Gasteiger partial charge in [0, 0.05) is 15.7 Å². The molecule has 2 rings (SSSR count). The van der Waals surface area contributed by atoms with E-state index in [0.717, 1.165) is 0 Å². The third-order valence-corrected chi connectivity index (χ3v) is 4.28. The number of halogens is 2. The zero-order chi connectivity index (χ0) is 14.8. The lowest BCUT2D eigenvalue weighted by Crippen LogP contribution is -2.13. The molecule has 4 N–H and O–H groups in total. The van der Waals surface area contributed by atoms with Crippen LogP contribution in [0.15, 0.2) is 47.4 Å². The van der Waals surface area contributed by atoms with Gasteiger partial charge in [-0.2, -0.15) is 0 Å². The van der Waals surface area contributed by atoms with Crippen molar-refractivity contribution in [2.24, 2.45) is 5.84 Å². The summed E-state index contributed by atoms with van der Waals surface area (Å²) in [4.78, 5) is 0.104. The van der Waals surface area contributed by atoms with Gasteiger partial charge in [-0.15, -0.1) is 0 Å². The lowest BCUT2D eigenvalue weighted by Gasteiger charge is -2.09. The second-order valence-corrected chi connectivity index (χ2v) is 6.49. The number of nitrogens with two attached hydrogens (primary N) is 1. The van der Waals surface area contributed by atoms with Gasteiger partial charge >= 0.3 is 0 Å². The number of anilines is 2. The molecular formula is C12H11Cl2N3O2S. The molecule has 0 unspecified atom stereocenters. The van der Waals surface area contributed by atoms with Gasteiger partial charge in [0.25, 0.3) is 10.0 Å². The Kier molecular flexibility index (Phi) is 4.39. The number of nitrogens with one attached hydrogen (secondary N) is 2. The van der Waals surface area contributed by atoms with Crippen LogP contribution in [0.1, 0.15) is 0 Å². The molecule has 0 aliphatic carbocycles. The molecule has 8 heteroatoms. The first kappa shape index (κ1) is 14.9. The third kappa shape index (κ3) is 3.55. The maximum atomic E-state index is 12.2. The third-order valence-electron chi connectivity index (χ3n) is 2.45. The van der Waals surface area contributed by atoms with Gasteiger partial charge in [0.1, 0.15) is 0 Å². The van der Waals surface area contributed by atoms with Crippen molar-refractivity contribution in [2.75, 3.05) is 10.1 Å². The number of hydrogen-bond acceptors (Lipinski definition) is 4. The second-order valence-electron chi connectivity index (χ2n) is 3.93. The molecule has 0 fully saturated rings. The summed E-state index contributed by atoms with van der Waals surface area (Å²) >= 11 is 11.6. The lowest BCUT2D eigenvalue weighted by molar-refractivity contribution is 0.601. The fourth-order valence-corrected chi connectivity index (χ4v) is 3.12. The summed E-state index contributed by atoms with van der Waals surface area (Å²) in [6.45, 7) is 0. The number of sulfonamides is 1. The number of hydrogen-bond donors (Lipinski definition) is 3. The van der Waals surface area contributed by atoms with E-state index in [-0.39, 0.29) is 4.90 Å². The monoisotopic (exact) mass is 331 g/mol. The highest BCUT2D eigenvalue weighted by Crippen LogP contribution is 2.25. The fraction of sp³-hybridized carbons (Fsp3) is 0. The molecule has 2 aromatic carbocycles. The zero-order valence-electron chi connectivity index (χ0n) is 10.1. The molecule has 5 nitrogen and oxygen atoms in total. The minimum absolute atomic E-state index is 0.104. The van der Waals surface area contributed by atoms with Gasteiger partial charge in [-0.3, -0.25) is 10.6 Å². The molecule has 0 aromatic heterocycles. The fourth-order valence-electron chi connectivity index (χ4n) is 1.56. The first-order valence-corrected chi connectivity index (χ1v) is 7.70. The Bertz CT molecular complexity index is 698. The molecule has 0 heterocycles. The standard InChI is InChI=1S/C12H11Cl2N3O2S/c13-8-5-9(14)7-11(6-8)17-20(18,19)12-3-1-10(16-15)2-4-12/h1-7,16-17H,15H2. The number of benzene rings is 2. The Morgan fingerprint density at radius 2 is 1.45 bits per heavy atom. The highest BCUT2D eigenvalue weighted by atomic mass is 35.5. The van der Waals surface area contributed by atoms with E-state index < -0.39 is 10.0 Å².